The fourth-order valence-corrected chi connectivity index (χ4v) is 4.35. The molecule has 0 unspecified atom stereocenters. The van der Waals surface area contributed by atoms with Gasteiger partial charge in [-0.25, -0.2) is 0 Å². The molecule has 2 amide bonds. The molecule has 1 aromatic carbocycles. The molecule has 174 valence electrons. The van der Waals surface area contributed by atoms with Gasteiger partial charge < -0.3 is 10.6 Å². The smallest absolute Gasteiger partial charge is 0.224 e. The number of nitrogens with one attached hydrogen (secondary N) is 2. The maximum absolute atomic E-state index is 13.3. The number of Topliss-reactive ketones (excluding diaryl/α,β-unsaturated/α-hetero) is 1. The summed E-state index contributed by atoms with van der Waals surface area (Å²) in [5.41, 5.74) is 0.718. The van der Waals surface area contributed by atoms with Gasteiger partial charge in [0.2, 0.25) is 11.8 Å². The Kier molecular flexibility index (Phi) is 8.97. The van der Waals surface area contributed by atoms with Gasteiger partial charge in [0.25, 0.3) is 0 Å². The van der Waals surface area contributed by atoms with E-state index in [1.807, 2.05) is 70.1 Å². The Labute approximate surface area is 191 Å². The van der Waals surface area contributed by atoms with E-state index in [-0.39, 0.29) is 41.8 Å². The third kappa shape index (κ3) is 7.45. The van der Waals surface area contributed by atoms with Crippen molar-refractivity contribution in [2.75, 3.05) is 20.6 Å². The first-order valence-corrected chi connectivity index (χ1v) is 11.2. The molecular formula is C25H36N4O3. The number of hydrogen-bond acceptors (Lipinski definition) is 5. The van der Waals surface area contributed by atoms with Crippen LogP contribution >= 0.6 is 0 Å². The Morgan fingerprint density at radius 2 is 1.91 bits per heavy atom. The molecule has 2 rings (SSSR count). The standard InChI is InChI=1S/C25H36N4O3/c1-25(2,3)15-19(14-21(30)22(29(4)5)17-9-7-6-8-10-17)24(32)28-20(16-26)13-18-11-12-27-23(18)31/h6-10,18-20,22H,11-15H2,1-5H3,(H,27,31)(H,28,32)/t18-,19-,20-,22-/m0/s1. The van der Waals surface area contributed by atoms with Gasteiger partial charge in [0.15, 0.2) is 5.78 Å². The van der Waals surface area contributed by atoms with Crippen molar-refractivity contribution in [1.82, 2.24) is 15.5 Å². The van der Waals surface area contributed by atoms with E-state index in [1.165, 1.54) is 0 Å². The lowest BCUT2D eigenvalue weighted by molar-refractivity contribution is -0.132. The summed E-state index contributed by atoms with van der Waals surface area (Å²) < 4.78 is 0. The van der Waals surface area contributed by atoms with Crippen LogP contribution in [0.15, 0.2) is 30.3 Å². The normalized spacial score (nSPS) is 19.0. The molecule has 1 aliphatic heterocycles. The van der Waals surface area contributed by atoms with Gasteiger partial charge in [-0.15, -0.1) is 0 Å². The van der Waals surface area contributed by atoms with Gasteiger partial charge in [0.1, 0.15) is 6.04 Å². The van der Waals surface area contributed by atoms with Crippen LogP contribution in [0.2, 0.25) is 0 Å². The van der Waals surface area contributed by atoms with Gasteiger partial charge in [0, 0.05) is 24.8 Å². The van der Waals surface area contributed by atoms with Crippen LogP contribution in [0.4, 0.5) is 0 Å². The van der Waals surface area contributed by atoms with Crippen LogP contribution in [0.3, 0.4) is 0 Å². The van der Waals surface area contributed by atoms with Crippen LogP contribution in [0, 0.1) is 28.6 Å². The number of benzene rings is 1. The molecule has 0 aliphatic carbocycles. The van der Waals surface area contributed by atoms with Gasteiger partial charge in [-0.05, 0) is 44.3 Å². The van der Waals surface area contributed by atoms with Crippen LogP contribution in [0.5, 0.6) is 0 Å². The number of amides is 2. The average molecular weight is 441 g/mol. The number of ketones is 1. The third-order valence-corrected chi connectivity index (χ3v) is 5.77. The Morgan fingerprint density at radius 1 is 1.25 bits per heavy atom. The Hall–Kier alpha value is -2.72. The molecule has 2 N–H and O–H groups in total. The largest absolute Gasteiger partial charge is 0.356 e. The minimum Gasteiger partial charge on any atom is -0.356 e. The van der Waals surface area contributed by atoms with E-state index in [2.05, 4.69) is 16.7 Å². The number of hydrogen-bond donors (Lipinski definition) is 2. The number of nitriles is 1. The first-order valence-electron chi connectivity index (χ1n) is 11.2. The molecule has 1 saturated heterocycles. The molecule has 1 aromatic rings. The van der Waals surface area contributed by atoms with E-state index in [0.29, 0.717) is 19.4 Å². The van der Waals surface area contributed by atoms with Crippen molar-refractivity contribution >= 4 is 17.6 Å². The van der Waals surface area contributed by atoms with Gasteiger partial charge in [-0.1, -0.05) is 51.1 Å². The van der Waals surface area contributed by atoms with Crippen molar-refractivity contribution in [1.29, 1.82) is 5.26 Å². The molecule has 1 fully saturated rings. The zero-order valence-corrected chi connectivity index (χ0v) is 19.9. The highest BCUT2D eigenvalue weighted by atomic mass is 16.2. The lowest BCUT2D eigenvalue weighted by Gasteiger charge is -2.29. The summed E-state index contributed by atoms with van der Waals surface area (Å²) in [6.07, 6.45) is 1.55. The first kappa shape index (κ1) is 25.5. The lowest BCUT2D eigenvalue weighted by Crippen LogP contribution is -2.42. The minimum atomic E-state index is -0.757. The Morgan fingerprint density at radius 3 is 2.41 bits per heavy atom. The summed E-state index contributed by atoms with van der Waals surface area (Å²) in [4.78, 5) is 40.2. The summed E-state index contributed by atoms with van der Waals surface area (Å²) >= 11 is 0. The molecule has 7 heteroatoms. The highest BCUT2D eigenvalue weighted by Gasteiger charge is 2.33. The highest BCUT2D eigenvalue weighted by Crippen LogP contribution is 2.30. The fourth-order valence-electron chi connectivity index (χ4n) is 4.35. The van der Waals surface area contributed by atoms with E-state index in [9.17, 15) is 19.6 Å². The molecule has 4 atom stereocenters. The van der Waals surface area contributed by atoms with E-state index in [4.69, 9.17) is 0 Å². The van der Waals surface area contributed by atoms with E-state index < -0.39 is 18.0 Å². The van der Waals surface area contributed by atoms with Gasteiger partial charge in [0.05, 0.1) is 12.1 Å². The van der Waals surface area contributed by atoms with E-state index in [0.717, 1.165) is 5.56 Å². The fraction of sp³-hybridized carbons (Fsp3) is 0.600. The molecule has 0 aromatic heterocycles. The second-order valence-electron chi connectivity index (χ2n) is 10.1. The third-order valence-electron chi connectivity index (χ3n) is 5.77. The van der Waals surface area contributed by atoms with Crippen molar-refractivity contribution in [2.24, 2.45) is 17.3 Å². The molecule has 0 spiro atoms. The number of nitrogens with zero attached hydrogens (tertiary/aromatic N) is 2. The maximum atomic E-state index is 13.3. The van der Waals surface area contributed by atoms with E-state index >= 15 is 0 Å². The minimum absolute atomic E-state index is 0.0331. The number of carbonyl (C=O) groups is 3. The second-order valence-corrected chi connectivity index (χ2v) is 10.1. The molecule has 1 heterocycles. The van der Waals surface area contributed by atoms with Crippen molar-refractivity contribution in [3.8, 4) is 6.07 Å². The van der Waals surface area contributed by atoms with Crippen molar-refractivity contribution < 1.29 is 14.4 Å². The molecule has 32 heavy (non-hydrogen) atoms. The van der Waals surface area contributed by atoms with Crippen LogP contribution < -0.4 is 10.6 Å². The van der Waals surface area contributed by atoms with Crippen molar-refractivity contribution in [3.63, 3.8) is 0 Å². The summed E-state index contributed by atoms with van der Waals surface area (Å²) in [5.74, 6) is -1.23. The van der Waals surface area contributed by atoms with Crippen molar-refractivity contribution in [2.45, 2.75) is 58.5 Å². The predicted molar refractivity (Wildman–Crippen MR) is 123 cm³/mol. The Bertz CT molecular complexity index is 839. The Balaban J connectivity index is 2.15. The summed E-state index contributed by atoms with van der Waals surface area (Å²) in [6, 6.07) is 10.4. The van der Waals surface area contributed by atoms with Crippen LogP contribution in [-0.2, 0) is 14.4 Å². The number of carbonyl (C=O) groups excluding carboxylic acids is 3. The summed E-state index contributed by atoms with van der Waals surface area (Å²) in [5, 5.41) is 15.1. The highest BCUT2D eigenvalue weighted by molar-refractivity contribution is 5.90. The topological polar surface area (TPSA) is 102 Å². The van der Waals surface area contributed by atoms with E-state index in [1.54, 1.807) is 0 Å². The monoisotopic (exact) mass is 440 g/mol. The number of likely N-dealkylation sites (N-methyl/N-ethyl adjacent to an activating group) is 1. The lowest BCUT2D eigenvalue weighted by atomic mass is 9.80. The zero-order valence-electron chi connectivity index (χ0n) is 19.9. The quantitative estimate of drug-likeness (QED) is 0.582. The van der Waals surface area contributed by atoms with Crippen LogP contribution in [-0.4, -0.2) is 49.2 Å². The first-order chi connectivity index (χ1) is 15.0. The van der Waals surface area contributed by atoms with Crippen molar-refractivity contribution in [3.05, 3.63) is 35.9 Å². The van der Waals surface area contributed by atoms with Crippen LogP contribution in [0.25, 0.3) is 0 Å². The number of rotatable bonds is 10. The second kappa shape index (κ2) is 11.2. The van der Waals surface area contributed by atoms with Gasteiger partial charge in [-0.3, -0.25) is 19.3 Å². The SMILES string of the molecule is CN(C)[C@H](C(=O)C[C@@H](CC(C)(C)C)C(=O)N[C@H](C#N)C[C@@H]1CCNC1=O)c1ccccc1. The molecule has 0 radical (unpaired) electrons. The molecule has 7 nitrogen and oxygen atoms in total. The summed E-state index contributed by atoms with van der Waals surface area (Å²) in [7, 11) is 3.71. The van der Waals surface area contributed by atoms with Crippen LogP contribution in [0.1, 0.15) is 58.1 Å². The molecule has 1 aliphatic rings. The maximum Gasteiger partial charge on any atom is 0.224 e. The van der Waals surface area contributed by atoms with Gasteiger partial charge in [-0.2, -0.15) is 5.26 Å². The van der Waals surface area contributed by atoms with Gasteiger partial charge >= 0.3 is 0 Å². The average Bonchev–Trinajstić information content (AvgIpc) is 3.11. The predicted octanol–water partition coefficient (Wildman–Crippen LogP) is 2.84. The molecular weight excluding hydrogens is 404 g/mol. The summed E-state index contributed by atoms with van der Waals surface area (Å²) in [6.45, 7) is 6.69. The molecule has 0 bridgehead atoms. The zero-order chi connectivity index (χ0) is 23.9. The molecule has 0 saturated carbocycles.